The number of nitrogens with one attached hydrogen (secondary N) is 1. The molecule has 0 amide bonds. The molecule has 1 fully saturated rings. The molecular formula is C13H19FN2O2S. The maximum Gasteiger partial charge on any atom is 0.242 e. The van der Waals surface area contributed by atoms with E-state index in [0.717, 1.165) is 31.4 Å². The number of hydrogen-bond donors (Lipinski definition) is 2. The molecule has 0 saturated heterocycles. The maximum absolute atomic E-state index is 13.2. The minimum absolute atomic E-state index is 0.0613. The van der Waals surface area contributed by atoms with Crippen LogP contribution in [0.3, 0.4) is 0 Å². The summed E-state index contributed by atoms with van der Waals surface area (Å²) in [7, 11) is -3.76. The van der Waals surface area contributed by atoms with Gasteiger partial charge in [-0.3, -0.25) is 0 Å². The van der Waals surface area contributed by atoms with E-state index in [0.29, 0.717) is 0 Å². The highest BCUT2D eigenvalue weighted by Crippen LogP contribution is 2.37. The Kier molecular flexibility index (Phi) is 3.57. The van der Waals surface area contributed by atoms with Gasteiger partial charge in [-0.1, -0.05) is 13.8 Å². The molecule has 0 bridgehead atoms. The SMILES string of the molecule is CC1(C)CCC(NS(=O)(=O)c2cc(F)ccc2N)C1. The fourth-order valence-corrected chi connectivity index (χ4v) is 3.97. The van der Waals surface area contributed by atoms with Gasteiger partial charge in [0.15, 0.2) is 0 Å². The van der Waals surface area contributed by atoms with Gasteiger partial charge in [0.2, 0.25) is 10.0 Å². The van der Waals surface area contributed by atoms with E-state index in [1.165, 1.54) is 6.07 Å². The molecule has 1 unspecified atom stereocenters. The standard InChI is InChI=1S/C13H19FN2O2S/c1-13(2)6-5-10(8-13)16-19(17,18)12-7-9(14)3-4-11(12)15/h3-4,7,10,16H,5-6,8,15H2,1-2H3. The smallest absolute Gasteiger partial charge is 0.242 e. The molecule has 1 aliphatic rings. The van der Waals surface area contributed by atoms with Crippen LogP contribution in [0.1, 0.15) is 33.1 Å². The predicted molar refractivity (Wildman–Crippen MR) is 72.6 cm³/mol. The number of nitrogen functional groups attached to an aromatic ring is 1. The third-order valence-electron chi connectivity index (χ3n) is 3.56. The fourth-order valence-electron chi connectivity index (χ4n) is 2.56. The quantitative estimate of drug-likeness (QED) is 0.837. The number of rotatable bonds is 3. The Morgan fingerprint density at radius 2 is 2.11 bits per heavy atom. The Labute approximate surface area is 113 Å². The van der Waals surface area contributed by atoms with Gasteiger partial charge in [0.1, 0.15) is 10.7 Å². The molecule has 3 N–H and O–H groups in total. The van der Waals surface area contributed by atoms with Gasteiger partial charge in [-0.05, 0) is 42.9 Å². The van der Waals surface area contributed by atoms with Gasteiger partial charge in [0.25, 0.3) is 0 Å². The van der Waals surface area contributed by atoms with Crippen molar-refractivity contribution in [1.82, 2.24) is 4.72 Å². The van der Waals surface area contributed by atoms with Crippen molar-refractivity contribution in [1.29, 1.82) is 0 Å². The van der Waals surface area contributed by atoms with Crippen LogP contribution >= 0.6 is 0 Å². The average molecular weight is 286 g/mol. The lowest BCUT2D eigenvalue weighted by molar-refractivity contribution is 0.372. The molecule has 1 saturated carbocycles. The van der Waals surface area contributed by atoms with Gasteiger partial charge in [-0.15, -0.1) is 0 Å². The van der Waals surface area contributed by atoms with Crippen LogP contribution in [0.25, 0.3) is 0 Å². The molecule has 0 heterocycles. The summed E-state index contributed by atoms with van der Waals surface area (Å²) in [5, 5.41) is 0. The molecule has 1 aromatic rings. The number of nitrogens with two attached hydrogens (primary N) is 1. The van der Waals surface area contributed by atoms with Crippen molar-refractivity contribution in [2.45, 2.75) is 44.0 Å². The summed E-state index contributed by atoms with van der Waals surface area (Å²) < 4.78 is 40.2. The van der Waals surface area contributed by atoms with E-state index in [4.69, 9.17) is 5.73 Å². The van der Waals surface area contributed by atoms with Gasteiger partial charge in [0, 0.05) is 6.04 Å². The van der Waals surface area contributed by atoms with E-state index in [-0.39, 0.29) is 22.0 Å². The second-order valence-electron chi connectivity index (χ2n) is 5.91. The van der Waals surface area contributed by atoms with Crippen molar-refractivity contribution in [2.75, 3.05) is 5.73 Å². The van der Waals surface area contributed by atoms with Crippen LogP contribution in [0.4, 0.5) is 10.1 Å². The number of halogens is 1. The molecule has 1 aromatic carbocycles. The predicted octanol–water partition coefficient (Wildman–Crippen LogP) is 2.26. The number of hydrogen-bond acceptors (Lipinski definition) is 3. The van der Waals surface area contributed by atoms with Crippen molar-refractivity contribution in [2.24, 2.45) is 5.41 Å². The van der Waals surface area contributed by atoms with Crippen molar-refractivity contribution in [3.8, 4) is 0 Å². The molecule has 106 valence electrons. The average Bonchev–Trinajstić information content (AvgIpc) is 2.60. The normalized spacial score (nSPS) is 22.6. The molecule has 2 rings (SSSR count). The molecule has 0 aliphatic heterocycles. The first-order valence-electron chi connectivity index (χ1n) is 6.27. The lowest BCUT2D eigenvalue weighted by Gasteiger charge is -2.18. The Hall–Kier alpha value is -1.14. The van der Waals surface area contributed by atoms with Crippen LogP contribution in [0.15, 0.2) is 23.1 Å². The van der Waals surface area contributed by atoms with E-state index in [9.17, 15) is 12.8 Å². The highest BCUT2D eigenvalue weighted by Gasteiger charge is 2.34. The van der Waals surface area contributed by atoms with Gasteiger partial charge in [-0.25, -0.2) is 17.5 Å². The van der Waals surface area contributed by atoms with E-state index in [2.05, 4.69) is 18.6 Å². The van der Waals surface area contributed by atoms with E-state index >= 15 is 0 Å². The highest BCUT2D eigenvalue weighted by molar-refractivity contribution is 7.89. The molecule has 0 radical (unpaired) electrons. The molecule has 4 nitrogen and oxygen atoms in total. The van der Waals surface area contributed by atoms with Crippen LogP contribution in [0, 0.1) is 11.2 Å². The van der Waals surface area contributed by atoms with E-state index in [1.54, 1.807) is 0 Å². The topological polar surface area (TPSA) is 72.2 Å². The molecule has 0 spiro atoms. The second kappa shape index (κ2) is 4.76. The largest absolute Gasteiger partial charge is 0.398 e. The first kappa shape index (κ1) is 14.3. The summed E-state index contributed by atoms with van der Waals surface area (Å²) in [6.45, 7) is 4.22. The minimum Gasteiger partial charge on any atom is -0.398 e. The van der Waals surface area contributed by atoms with Crippen LogP contribution in [0.5, 0.6) is 0 Å². The first-order valence-corrected chi connectivity index (χ1v) is 7.75. The summed E-state index contributed by atoms with van der Waals surface area (Å²) in [5.41, 5.74) is 5.82. The summed E-state index contributed by atoms with van der Waals surface area (Å²) >= 11 is 0. The Bertz CT molecular complexity index is 584. The zero-order chi connectivity index (χ0) is 14.3. The number of benzene rings is 1. The summed E-state index contributed by atoms with van der Waals surface area (Å²) in [4.78, 5) is -0.183. The lowest BCUT2D eigenvalue weighted by Crippen LogP contribution is -2.34. The summed E-state index contributed by atoms with van der Waals surface area (Å²) in [6, 6.07) is 3.26. The molecule has 19 heavy (non-hydrogen) atoms. The van der Waals surface area contributed by atoms with Crippen LogP contribution < -0.4 is 10.5 Å². The van der Waals surface area contributed by atoms with Gasteiger partial charge in [-0.2, -0.15) is 0 Å². The van der Waals surface area contributed by atoms with Crippen molar-refractivity contribution in [3.05, 3.63) is 24.0 Å². The zero-order valence-electron chi connectivity index (χ0n) is 11.1. The van der Waals surface area contributed by atoms with Crippen LogP contribution in [0.2, 0.25) is 0 Å². The maximum atomic E-state index is 13.2. The summed E-state index contributed by atoms with van der Waals surface area (Å²) in [5.74, 6) is -0.610. The van der Waals surface area contributed by atoms with Crippen LogP contribution in [-0.4, -0.2) is 14.5 Å². The molecule has 0 aromatic heterocycles. The van der Waals surface area contributed by atoms with Crippen molar-refractivity contribution in [3.63, 3.8) is 0 Å². The number of anilines is 1. The van der Waals surface area contributed by atoms with Gasteiger partial charge in [0.05, 0.1) is 5.69 Å². The Morgan fingerprint density at radius 3 is 2.68 bits per heavy atom. The minimum atomic E-state index is -3.76. The van der Waals surface area contributed by atoms with Crippen molar-refractivity contribution < 1.29 is 12.8 Å². The second-order valence-corrected chi connectivity index (χ2v) is 7.59. The molecular weight excluding hydrogens is 267 g/mol. The summed E-state index contributed by atoms with van der Waals surface area (Å²) in [6.07, 6.45) is 2.54. The highest BCUT2D eigenvalue weighted by atomic mass is 32.2. The molecule has 6 heteroatoms. The molecule has 1 atom stereocenters. The zero-order valence-corrected chi connectivity index (χ0v) is 11.9. The fraction of sp³-hybridized carbons (Fsp3) is 0.538. The first-order chi connectivity index (χ1) is 8.70. The molecule has 1 aliphatic carbocycles. The Balaban J connectivity index is 2.22. The Morgan fingerprint density at radius 1 is 1.42 bits per heavy atom. The van der Waals surface area contributed by atoms with E-state index < -0.39 is 15.8 Å². The third kappa shape index (κ3) is 3.25. The van der Waals surface area contributed by atoms with Crippen LogP contribution in [-0.2, 0) is 10.0 Å². The third-order valence-corrected chi connectivity index (χ3v) is 5.13. The van der Waals surface area contributed by atoms with Gasteiger partial charge >= 0.3 is 0 Å². The number of sulfonamides is 1. The van der Waals surface area contributed by atoms with E-state index in [1.807, 2.05) is 0 Å². The van der Waals surface area contributed by atoms with Gasteiger partial charge < -0.3 is 5.73 Å². The lowest BCUT2D eigenvalue weighted by atomic mass is 9.92. The van der Waals surface area contributed by atoms with Crippen molar-refractivity contribution >= 4 is 15.7 Å². The monoisotopic (exact) mass is 286 g/mol.